The molecule has 1 aromatic carbocycles. The maximum Gasteiger partial charge on any atom is 0.219 e. The number of amides is 1. The summed E-state index contributed by atoms with van der Waals surface area (Å²) < 4.78 is 0. The summed E-state index contributed by atoms with van der Waals surface area (Å²) >= 11 is 0. The van der Waals surface area contributed by atoms with Crippen LogP contribution in [0.25, 0.3) is 11.0 Å². The summed E-state index contributed by atoms with van der Waals surface area (Å²) in [6, 6.07) is 8.55. The zero-order chi connectivity index (χ0) is 18.5. The number of aryl methyl sites for hydroxylation is 1. The molecule has 2 saturated heterocycles. The third-order valence-electron chi connectivity index (χ3n) is 6.10. The van der Waals surface area contributed by atoms with E-state index in [4.69, 9.17) is 0 Å². The number of carbonyl (C=O) groups is 1. The summed E-state index contributed by atoms with van der Waals surface area (Å²) in [7, 11) is 0. The minimum absolute atomic E-state index is 0.125. The average Bonchev–Trinajstić information content (AvgIpc) is 3.35. The highest BCUT2D eigenvalue weighted by Crippen LogP contribution is 2.46. The van der Waals surface area contributed by atoms with Crippen LogP contribution in [0.5, 0.6) is 0 Å². The van der Waals surface area contributed by atoms with Crippen LogP contribution >= 0.6 is 0 Å². The number of likely N-dealkylation sites (tertiary alicyclic amines) is 1. The Hall–Kier alpha value is -2.96. The maximum absolute atomic E-state index is 12.3. The zero-order valence-corrected chi connectivity index (χ0v) is 15.5. The number of hydrogen-bond acceptors (Lipinski definition) is 5. The van der Waals surface area contributed by atoms with Gasteiger partial charge in [0.2, 0.25) is 5.91 Å². The van der Waals surface area contributed by atoms with E-state index in [9.17, 15) is 4.79 Å². The molecule has 0 radical (unpaired) electrons. The first-order valence-electron chi connectivity index (χ1n) is 9.35. The van der Waals surface area contributed by atoms with Crippen molar-refractivity contribution in [2.45, 2.75) is 19.9 Å². The molecule has 138 valence electrons. The van der Waals surface area contributed by atoms with Gasteiger partial charge in [-0.05, 0) is 18.1 Å². The molecule has 2 fully saturated rings. The molecule has 0 aliphatic carbocycles. The largest absolute Gasteiger partial charge is 0.355 e. The van der Waals surface area contributed by atoms with Gasteiger partial charge in [0.05, 0.1) is 17.6 Å². The first-order valence-corrected chi connectivity index (χ1v) is 9.35. The van der Waals surface area contributed by atoms with Crippen molar-refractivity contribution in [3.8, 4) is 0 Å². The van der Waals surface area contributed by atoms with Gasteiger partial charge in [-0.25, -0.2) is 9.97 Å². The third-order valence-corrected chi connectivity index (χ3v) is 6.10. The molecule has 2 aromatic heterocycles. The number of H-pyrrole nitrogens is 1. The predicted molar refractivity (Wildman–Crippen MR) is 102 cm³/mol. The number of benzene rings is 1. The van der Waals surface area contributed by atoms with Crippen LogP contribution in [0.15, 0.2) is 36.8 Å². The quantitative estimate of drug-likeness (QED) is 0.757. The molecule has 2 aliphatic heterocycles. The van der Waals surface area contributed by atoms with Gasteiger partial charge in [-0.1, -0.05) is 24.3 Å². The molecular weight excluding hydrogens is 340 g/mol. The van der Waals surface area contributed by atoms with Crippen LogP contribution in [0.2, 0.25) is 0 Å². The van der Waals surface area contributed by atoms with Crippen molar-refractivity contribution in [1.82, 2.24) is 25.1 Å². The highest BCUT2D eigenvalue weighted by atomic mass is 16.2. The molecule has 0 spiro atoms. The van der Waals surface area contributed by atoms with E-state index in [-0.39, 0.29) is 11.9 Å². The summed E-state index contributed by atoms with van der Waals surface area (Å²) in [6.45, 7) is 6.39. The summed E-state index contributed by atoms with van der Waals surface area (Å²) in [4.78, 5) is 25.5. The first-order chi connectivity index (χ1) is 13.1. The summed E-state index contributed by atoms with van der Waals surface area (Å²) in [5, 5.41) is 7.98. The van der Waals surface area contributed by atoms with Crippen molar-refractivity contribution in [3.63, 3.8) is 0 Å². The van der Waals surface area contributed by atoms with Crippen molar-refractivity contribution < 1.29 is 4.79 Å². The van der Waals surface area contributed by atoms with Gasteiger partial charge in [-0.15, -0.1) is 0 Å². The van der Waals surface area contributed by atoms with Crippen LogP contribution in [0.1, 0.15) is 24.1 Å². The van der Waals surface area contributed by atoms with Gasteiger partial charge >= 0.3 is 0 Å². The van der Waals surface area contributed by atoms with Crippen LogP contribution in [0.4, 0.5) is 5.82 Å². The third kappa shape index (κ3) is 2.49. The Bertz CT molecular complexity index is 1010. The van der Waals surface area contributed by atoms with Crippen molar-refractivity contribution in [1.29, 1.82) is 0 Å². The first kappa shape index (κ1) is 16.2. The number of aromatic amines is 1. The second-order valence-electron chi connectivity index (χ2n) is 7.63. The van der Waals surface area contributed by atoms with Gasteiger partial charge in [0, 0.05) is 38.4 Å². The lowest BCUT2D eigenvalue weighted by atomic mass is 9.87. The fourth-order valence-electron chi connectivity index (χ4n) is 4.86. The maximum atomic E-state index is 12.3. The Morgan fingerprint density at radius 2 is 2.04 bits per heavy atom. The minimum atomic E-state index is 0.125. The van der Waals surface area contributed by atoms with Crippen molar-refractivity contribution in [2.24, 2.45) is 11.8 Å². The van der Waals surface area contributed by atoms with Crippen molar-refractivity contribution >= 4 is 22.8 Å². The predicted octanol–water partition coefficient (Wildman–Crippen LogP) is 2.32. The normalized spacial score (nSPS) is 24.6. The molecular formula is C20H22N6O. The second-order valence-corrected chi connectivity index (χ2v) is 7.63. The second kappa shape index (κ2) is 6.04. The van der Waals surface area contributed by atoms with E-state index >= 15 is 0 Å². The van der Waals surface area contributed by atoms with Crippen LogP contribution in [0, 0.1) is 18.8 Å². The topological polar surface area (TPSA) is 78.0 Å². The lowest BCUT2D eigenvalue weighted by molar-refractivity contribution is -0.130. The SMILES string of the molecule is CC(=O)N1C[C@H]2CN(c3ncnc4[nH]ncc34)C[C@H]2[C@@H]1c1ccccc1C. The number of nitrogens with one attached hydrogen (secondary N) is 1. The molecule has 7 nitrogen and oxygen atoms in total. The Labute approximate surface area is 157 Å². The smallest absolute Gasteiger partial charge is 0.219 e. The van der Waals surface area contributed by atoms with E-state index in [1.165, 1.54) is 11.1 Å². The van der Waals surface area contributed by atoms with Crippen LogP contribution < -0.4 is 4.90 Å². The molecule has 0 bridgehead atoms. The van der Waals surface area contributed by atoms with Crippen molar-refractivity contribution in [3.05, 3.63) is 47.9 Å². The van der Waals surface area contributed by atoms with Crippen LogP contribution in [-0.2, 0) is 4.79 Å². The van der Waals surface area contributed by atoms with Crippen LogP contribution in [0.3, 0.4) is 0 Å². The van der Waals surface area contributed by atoms with E-state index in [1.54, 1.807) is 19.4 Å². The molecule has 5 rings (SSSR count). The number of anilines is 1. The van der Waals surface area contributed by atoms with Gasteiger partial charge in [-0.2, -0.15) is 5.10 Å². The fraction of sp³-hybridized carbons (Fsp3) is 0.400. The summed E-state index contributed by atoms with van der Waals surface area (Å²) in [6.07, 6.45) is 3.38. The molecule has 3 atom stereocenters. The molecule has 2 aliphatic rings. The number of fused-ring (bicyclic) bond motifs is 2. The molecule has 4 heterocycles. The molecule has 0 saturated carbocycles. The van der Waals surface area contributed by atoms with E-state index in [0.717, 1.165) is 36.5 Å². The number of hydrogen-bond donors (Lipinski definition) is 1. The van der Waals surface area contributed by atoms with Gasteiger partial charge in [-0.3, -0.25) is 9.89 Å². The average molecular weight is 362 g/mol. The highest BCUT2D eigenvalue weighted by molar-refractivity contribution is 5.86. The van der Waals surface area contributed by atoms with E-state index in [0.29, 0.717) is 11.8 Å². The van der Waals surface area contributed by atoms with E-state index in [1.807, 2.05) is 0 Å². The van der Waals surface area contributed by atoms with Gasteiger partial charge < -0.3 is 9.80 Å². The Morgan fingerprint density at radius 1 is 1.19 bits per heavy atom. The molecule has 0 unspecified atom stereocenters. The summed E-state index contributed by atoms with van der Waals surface area (Å²) in [5.41, 5.74) is 3.27. The van der Waals surface area contributed by atoms with Gasteiger partial charge in [0.15, 0.2) is 5.65 Å². The lowest BCUT2D eigenvalue weighted by Gasteiger charge is -2.30. The number of nitrogens with zero attached hydrogens (tertiary/aromatic N) is 5. The minimum Gasteiger partial charge on any atom is -0.355 e. The monoisotopic (exact) mass is 362 g/mol. The number of carbonyl (C=O) groups excluding carboxylic acids is 1. The Morgan fingerprint density at radius 3 is 2.85 bits per heavy atom. The molecule has 27 heavy (non-hydrogen) atoms. The Kier molecular flexibility index (Phi) is 3.63. The zero-order valence-electron chi connectivity index (χ0n) is 15.5. The molecule has 7 heteroatoms. The summed E-state index contributed by atoms with van der Waals surface area (Å²) in [5.74, 6) is 1.92. The number of rotatable bonds is 2. The fourth-order valence-corrected chi connectivity index (χ4v) is 4.86. The van der Waals surface area contributed by atoms with E-state index in [2.05, 4.69) is 61.2 Å². The van der Waals surface area contributed by atoms with Gasteiger partial charge in [0.25, 0.3) is 0 Å². The molecule has 1 N–H and O–H groups in total. The van der Waals surface area contributed by atoms with Crippen molar-refractivity contribution in [2.75, 3.05) is 24.5 Å². The molecule has 1 amide bonds. The number of aromatic nitrogens is 4. The highest BCUT2D eigenvalue weighted by Gasteiger charge is 2.49. The van der Waals surface area contributed by atoms with Crippen LogP contribution in [-0.4, -0.2) is 50.6 Å². The standard InChI is InChI=1S/C20H22N6O/c1-12-5-3-4-6-15(12)18-17-10-25(8-14(17)9-26(18)13(2)27)20-16-7-23-24-19(16)21-11-22-20/h3-7,11,14,17-18H,8-10H2,1-2H3,(H,21,22,23,24)/t14-,17-,18+/m1/s1. The van der Waals surface area contributed by atoms with Gasteiger partial charge in [0.1, 0.15) is 12.1 Å². The Balaban J connectivity index is 1.51. The molecule has 3 aromatic rings. The lowest BCUT2D eigenvalue weighted by Crippen LogP contribution is -2.34. The van der Waals surface area contributed by atoms with E-state index < -0.39 is 0 Å².